The second-order valence-electron chi connectivity index (χ2n) is 4.27. The predicted octanol–water partition coefficient (Wildman–Crippen LogP) is 2.94. The van der Waals surface area contributed by atoms with E-state index in [9.17, 15) is 15.0 Å². The van der Waals surface area contributed by atoms with Crippen LogP contribution >= 0.6 is 0 Å². The van der Waals surface area contributed by atoms with Gasteiger partial charge < -0.3 is 19.8 Å². The van der Waals surface area contributed by atoms with Gasteiger partial charge in [0.05, 0.1) is 13.2 Å². The number of hydrogen-bond acceptors (Lipinski definition) is 5. The van der Waals surface area contributed by atoms with Gasteiger partial charge in [0.25, 0.3) is 0 Å². The Hall–Kier alpha value is -1.95. The second-order valence-corrected chi connectivity index (χ2v) is 4.27. The molecule has 0 unspecified atom stereocenters. The molecule has 0 aliphatic rings. The first kappa shape index (κ1) is 17.1. The van der Waals surface area contributed by atoms with Crippen molar-refractivity contribution in [1.29, 1.82) is 0 Å². The second kappa shape index (κ2) is 7.73. The van der Waals surface area contributed by atoms with Crippen molar-refractivity contribution >= 4 is 5.97 Å². The summed E-state index contributed by atoms with van der Waals surface area (Å²) < 4.78 is 5.56. The van der Waals surface area contributed by atoms with E-state index in [2.05, 4.69) is 0 Å². The largest absolute Gasteiger partial charge is 0.503 e. The van der Waals surface area contributed by atoms with Crippen molar-refractivity contribution in [2.75, 3.05) is 13.2 Å². The van der Waals surface area contributed by atoms with Gasteiger partial charge in [0.1, 0.15) is 5.56 Å². The zero-order valence-corrected chi connectivity index (χ0v) is 12.9. The minimum atomic E-state index is -1.21. The first-order valence-corrected chi connectivity index (χ1v) is 7.09. The van der Waals surface area contributed by atoms with E-state index in [1.807, 2.05) is 13.8 Å². The molecule has 0 aliphatic carbocycles. The number of rotatable bonds is 8. The Kier molecular flexibility index (Phi) is 6.30. The molecule has 0 saturated heterocycles. The maximum atomic E-state index is 11.5. The average Bonchev–Trinajstić information content (AvgIpc) is 2.45. The minimum absolute atomic E-state index is 0.0786. The van der Waals surface area contributed by atoms with E-state index in [1.165, 1.54) is 0 Å². The molecule has 21 heavy (non-hydrogen) atoms. The molecule has 0 amide bonds. The first-order valence-electron chi connectivity index (χ1n) is 7.09. The van der Waals surface area contributed by atoms with Crippen LogP contribution < -0.4 is 9.62 Å². The highest BCUT2D eigenvalue weighted by molar-refractivity contribution is 5.95. The van der Waals surface area contributed by atoms with Crippen molar-refractivity contribution in [1.82, 2.24) is 0 Å². The highest BCUT2D eigenvalue weighted by atomic mass is 17.2. The topological polar surface area (TPSA) is 85.2 Å². The van der Waals surface area contributed by atoms with Crippen molar-refractivity contribution in [3.05, 3.63) is 16.7 Å². The summed E-state index contributed by atoms with van der Waals surface area (Å²) in [5, 5.41) is 19.6. The molecule has 0 bridgehead atoms. The molecule has 0 heterocycles. The van der Waals surface area contributed by atoms with Crippen LogP contribution in [0.5, 0.6) is 17.2 Å². The number of carboxylic acids is 1. The molecule has 6 heteroatoms. The van der Waals surface area contributed by atoms with Gasteiger partial charge in [0, 0.05) is 5.56 Å². The average molecular weight is 298 g/mol. The summed E-state index contributed by atoms with van der Waals surface area (Å²) in [5.74, 6) is -1.41. The molecule has 1 rings (SSSR count). The normalized spacial score (nSPS) is 10.5. The maximum absolute atomic E-state index is 11.5. The Morgan fingerprint density at radius 2 is 1.62 bits per heavy atom. The summed E-state index contributed by atoms with van der Waals surface area (Å²) in [4.78, 5) is 21.4. The Labute approximate surface area is 124 Å². The standard InChI is InChI=1S/C15H22O6/c1-5-9-10(6-2)13(19-7-3)14(21-20-8-4)12(16)11(9)15(17)18/h16H,5-8H2,1-4H3,(H,17,18). The van der Waals surface area contributed by atoms with Crippen LogP contribution in [0.1, 0.15) is 49.2 Å². The minimum Gasteiger partial charge on any atom is -0.503 e. The number of aromatic hydroxyl groups is 1. The lowest BCUT2D eigenvalue weighted by atomic mass is 9.94. The van der Waals surface area contributed by atoms with Crippen LogP contribution in [-0.2, 0) is 17.7 Å². The highest BCUT2D eigenvalue weighted by Crippen LogP contribution is 2.45. The number of hydrogen-bond donors (Lipinski definition) is 2. The SMILES string of the molecule is CCOOc1c(O)c(C(=O)O)c(CC)c(CC)c1OCC. The lowest BCUT2D eigenvalue weighted by Crippen LogP contribution is -2.11. The predicted molar refractivity (Wildman–Crippen MR) is 77.2 cm³/mol. The summed E-state index contributed by atoms with van der Waals surface area (Å²) >= 11 is 0. The van der Waals surface area contributed by atoms with Crippen LogP contribution in [0.3, 0.4) is 0 Å². The number of aromatic carboxylic acids is 1. The van der Waals surface area contributed by atoms with Crippen molar-refractivity contribution in [3.63, 3.8) is 0 Å². The van der Waals surface area contributed by atoms with E-state index in [-0.39, 0.29) is 17.9 Å². The summed E-state index contributed by atoms with van der Waals surface area (Å²) in [6.07, 6.45) is 1.02. The third kappa shape index (κ3) is 3.39. The Bertz CT molecular complexity index is 510. The third-order valence-corrected chi connectivity index (χ3v) is 3.07. The molecule has 2 N–H and O–H groups in total. The molecule has 0 aromatic heterocycles. The fourth-order valence-corrected chi connectivity index (χ4v) is 2.28. The van der Waals surface area contributed by atoms with Gasteiger partial charge in [-0.2, -0.15) is 4.89 Å². The van der Waals surface area contributed by atoms with Crippen molar-refractivity contribution in [3.8, 4) is 17.2 Å². The Morgan fingerprint density at radius 3 is 2.05 bits per heavy atom. The fourth-order valence-electron chi connectivity index (χ4n) is 2.28. The number of carboxylic acid groups (broad SMARTS) is 1. The van der Waals surface area contributed by atoms with Gasteiger partial charge in [-0.1, -0.05) is 13.8 Å². The van der Waals surface area contributed by atoms with E-state index >= 15 is 0 Å². The lowest BCUT2D eigenvalue weighted by molar-refractivity contribution is -0.204. The highest BCUT2D eigenvalue weighted by Gasteiger charge is 2.28. The maximum Gasteiger partial charge on any atom is 0.339 e. The zero-order chi connectivity index (χ0) is 16.0. The van der Waals surface area contributed by atoms with Crippen molar-refractivity contribution in [2.45, 2.75) is 40.5 Å². The summed E-state index contributed by atoms with van der Waals surface area (Å²) in [6.45, 7) is 7.87. The lowest BCUT2D eigenvalue weighted by Gasteiger charge is -2.20. The van der Waals surface area contributed by atoms with Gasteiger partial charge in [-0.25, -0.2) is 4.79 Å². The first-order chi connectivity index (χ1) is 10.0. The molecular weight excluding hydrogens is 276 g/mol. The summed E-state index contributed by atoms with van der Waals surface area (Å²) in [6, 6.07) is 0. The number of ether oxygens (including phenoxy) is 1. The Morgan fingerprint density at radius 1 is 1.00 bits per heavy atom. The van der Waals surface area contributed by atoms with E-state index in [4.69, 9.17) is 14.5 Å². The van der Waals surface area contributed by atoms with E-state index in [0.717, 1.165) is 0 Å². The van der Waals surface area contributed by atoms with Crippen LogP contribution in [0.4, 0.5) is 0 Å². The molecule has 1 aromatic carbocycles. The quantitative estimate of drug-likeness (QED) is 0.567. The van der Waals surface area contributed by atoms with Gasteiger partial charge in [-0.05, 0) is 32.3 Å². The van der Waals surface area contributed by atoms with Crippen LogP contribution in [0.25, 0.3) is 0 Å². The molecule has 0 fully saturated rings. The Balaban J connectivity index is 3.66. The van der Waals surface area contributed by atoms with Crippen LogP contribution in [0, 0.1) is 0 Å². The zero-order valence-electron chi connectivity index (χ0n) is 12.9. The fraction of sp³-hybridized carbons (Fsp3) is 0.533. The number of carbonyl (C=O) groups is 1. The molecule has 0 radical (unpaired) electrons. The molecule has 0 spiro atoms. The number of phenols is 1. The van der Waals surface area contributed by atoms with Gasteiger partial charge in [0.15, 0.2) is 11.5 Å². The van der Waals surface area contributed by atoms with Gasteiger partial charge in [0.2, 0.25) is 5.75 Å². The molecule has 0 aliphatic heterocycles. The summed E-state index contributed by atoms with van der Waals surface area (Å²) in [5.41, 5.74) is 1.10. The summed E-state index contributed by atoms with van der Waals surface area (Å²) in [7, 11) is 0. The molecule has 0 atom stereocenters. The van der Waals surface area contributed by atoms with Crippen LogP contribution in [-0.4, -0.2) is 29.4 Å². The molecule has 1 aromatic rings. The van der Waals surface area contributed by atoms with E-state index in [1.54, 1.807) is 13.8 Å². The van der Waals surface area contributed by atoms with Crippen molar-refractivity contribution < 1.29 is 29.5 Å². The molecule has 0 saturated carbocycles. The van der Waals surface area contributed by atoms with E-state index < -0.39 is 11.7 Å². The third-order valence-electron chi connectivity index (χ3n) is 3.07. The smallest absolute Gasteiger partial charge is 0.339 e. The monoisotopic (exact) mass is 298 g/mol. The number of benzene rings is 1. The van der Waals surface area contributed by atoms with Crippen LogP contribution in [0.15, 0.2) is 0 Å². The van der Waals surface area contributed by atoms with Crippen LogP contribution in [0.2, 0.25) is 0 Å². The molecule has 118 valence electrons. The van der Waals surface area contributed by atoms with Crippen molar-refractivity contribution in [2.24, 2.45) is 0 Å². The van der Waals surface area contributed by atoms with Gasteiger partial charge >= 0.3 is 5.97 Å². The van der Waals surface area contributed by atoms with E-state index in [0.29, 0.717) is 36.3 Å². The van der Waals surface area contributed by atoms with Gasteiger partial charge in [-0.3, -0.25) is 0 Å². The molecular formula is C15H22O6. The van der Waals surface area contributed by atoms with Gasteiger partial charge in [-0.15, -0.1) is 0 Å². The molecule has 6 nitrogen and oxygen atoms in total.